The van der Waals surface area contributed by atoms with Crippen molar-refractivity contribution in [2.45, 2.75) is 71.8 Å². The molecule has 2 aromatic carbocycles. The average Bonchev–Trinajstić information content (AvgIpc) is 2.65. The number of hydrogen-bond donors (Lipinski definition) is 0. The number of hydrogen-bond acceptors (Lipinski definition) is 3. The predicted octanol–water partition coefficient (Wildman–Crippen LogP) is 7.34. The first-order valence-electron chi connectivity index (χ1n) is 10.9. The molecule has 3 nitrogen and oxygen atoms in total. The molecule has 0 aliphatic rings. The zero-order valence-electron chi connectivity index (χ0n) is 20.3. The van der Waals surface area contributed by atoms with Crippen molar-refractivity contribution >= 4 is 10.9 Å². The maximum atomic E-state index is 14.4. The van der Waals surface area contributed by atoms with Crippen LogP contribution in [0.1, 0.15) is 66.5 Å². The highest BCUT2D eigenvalue weighted by Crippen LogP contribution is 2.37. The Labute approximate surface area is 189 Å². The van der Waals surface area contributed by atoms with E-state index in [9.17, 15) is 8.78 Å². The summed E-state index contributed by atoms with van der Waals surface area (Å²) in [7, 11) is 0. The molecule has 5 heteroatoms. The van der Waals surface area contributed by atoms with E-state index < -0.39 is 11.4 Å². The number of nitrogens with zero attached hydrogens (tertiary/aromatic N) is 1. The fourth-order valence-corrected chi connectivity index (χ4v) is 3.47. The van der Waals surface area contributed by atoms with Crippen LogP contribution >= 0.6 is 0 Å². The molecule has 0 unspecified atom stereocenters. The Morgan fingerprint density at radius 1 is 0.781 bits per heavy atom. The molecule has 0 aliphatic heterocycles. The molecule has 0 radical (unpaired) electrons. The van der Waals surface area contributed by atoms with Crippen molar-refractivity contribution in [1.82, 2.24) is 4.98 Å². The Hall–Kier alpha value is -2.69. The van der Waals surface area contributed by atoms with Crippen LogP contribution in [0, 0.1) is 11.6 Å². The summed E-state index contributed by atoms with van der Waals surface area (Å²) < 4.78 is 41.0. The van der Waals surface area contributed by atoms with Gasteiger partial charge in [0, 0.05) is 17.1 Å². The number of ether oxygens (including phenoxy) is 2. The lowest BCUT2D eigenvalue weighted by Gasteiger charge is -2.31. The maximum Gasteiger partial charge on any atom is 0.165 e. The van der Waals surface area contributed by atoms with Crippen LogP contribution in [-0.4, -0.2) is 17.2 Å². The fraction of sp³-hybridized carbons (Fsp3) is 0.444. The van der Waals surface area contributed by atoms with Crippen LogP contribution < -0.4 is 9.47 Å². The second-order valence-electron chi connectivity index (χ2n) is 11.0. The number of rotatable bonds is 5. The van der Waals surface area contributed by atoms with E-state index in [0.717, 1.165) is 11.1 Å². The van der Waals surface area contributed by atoms with Gasteiger partial charge in [0.2, 0.25) is 0 Å². The monoisotopic (exact) mass is 441 g/mol. The van der Waals surface area contributed by atoms with Crippen LogP contribution in [0.5, 0.6) is 11.5 Å². The normalized spacial score (nSPS) is 12.8. The summed E-state index contributed by atoms with van der Waals surface area (Å²) in [4.78, 5) is 4.31. The first-order chi connectivity index (χ1) is 14.7. The van der Waals surface area contributed by atoms with Crippen molar-refractivity contribution in [3.8, 4) is 11.5 Å². The van der Waals surface area contributed by atoms with Gasteiger partial charge in [-0.3, -0.25) is 4.98 Å². The van der Waals surface area contributed by atoms with Gasteiger partial charge < -0.3 is 9.47 Å². The molecule has 3 aromatic rings. The van der Waals surface area contributed by atoms with Crippen molar-refractivity contribution in [1.29, 1.82) is 0 Å². The standard InChI is InChI=1S/C27H33F2NO2/c1-25(2,3)17-9-10-21(29)24(13-17)31-16-27(7,8)32-23-14-18-20(28)11-12-30-22(18)15-19(23)26(4,5)6/h9-15H,16H2,1-8H3. The van der Waals surface area contributed by atoms with Gasteiger partial charge >= 0.3 is 0 Å². The highest BCUT2D eigenvalue weighted by Gasteiger charge is 2.28. The lowest BCUT2D eigenvalue weighted by Crippen LogP contribution is -2.36. The van der Waals surface area contributed by atoms with E-state index in [1.165, 1.54) is 18.3 Å². The quantitative estimate of drug-likeness (QED) is 0.415. The molecule has 0 N–H and O–H groups in total. The van der Waals surface area contributed by atoms with E-state index in [1.54, 1.807) is 18.2 Å². The van der Waals surface area contributed by atoms with Gasteiger partial charge in [-0.2, -0.15) is 0 Å². The molecule has 0 fully saturated rings. The lowest BCUT2D eigenvalue weighted by atomic mass is 9.85. The summed E-state index contributed by atoms with van der Waals surface area (Å²) >= 11 is 0. The van der Waals surface area contributed by atoms with Crippen LogP contribution in [0.4, 0.5) is 8.78 Å². The zero-order chi connectivity index (χ0) is 23.9. The van der Waals surface area contributed by atoms with Crippen LogP contribution in [0.3, 0.4) is 0 Å². The molecular weight excluding hydrogens is 408 g/mol. The van der Waals surface area contributed by atoms with Crippen molar-refractivity contribution in [3.05, 3.63) is 65.4 Å². The molecule has 0 atom stereocenters. The van der Waals surface area contributed by atoms with Gasteiger partial charge in [-0.25, -0.2) is 8.78 Å². The number of pyridine rings is 1. The smallest absolute Gasteiger partial charge is 0.165 e. The third-order valence-corrected chi connectivity index (χ3v) is 5.36. The average molecular weight is 442 g/mol. The van der Waals surface area contributed by atoms with Crippen LogP contribution in [-0.2, 0) is 10.8 Å². The van der Waals surface area contributed by atoms with Crippen molar-refractivity contribution in [3.63, 3.8) is 0 Å². The third kappa shape index (κ3) is 5.37. The molecule has 0 bridgehead atoms. The molecule has 0 saturated carbocycles. The topological polar surface area (TPSA) is 31.4 Å². The van der Waals surface area contributed by atoms with Gasteiger partial charge in [0.25, 0.3) is 0 Å². The van der Waals surface area contributed by atoms with E-state index in [-0.39, 0.29) is 29.0 Å². The van der Waals surface area contributed by atoms with Crippen molar-refractivity contribution < 1.29 is 18.3 Å². The van der Waals surface area contributed by atoms with E-state index in [2.05, 4.69) is 46.5 Å². The Morgan fingerprint density at radius 2 is 1.47 bits per heavy atom. The summed E-state index contributed by atoms with van der Waals surface area (Å²) in [6, 6.07) is 9.85. The van der Waals surface area contributed by atoms with Gasteiger partial charge in [-0.15, -0.1) is 0 Å². The van der Waals surface area contributed by atoms with Gasteiger partial charge in [0.05, 0.1) is 5.52 Å². The molecule has 1 heterocycles. The van der Waals surface area contributed by atoms with E-state index in [1.807, 2.05) is 19.9 Å². The highest BCUT2D eigenvalue weighted by molar-refractivity contribution is 5.82. The Bertz CT molecular complexity index is 1120. The van der Waals surface area contributed by atoms with Gasteiger partial charge in [0.1, 0.15) is 23.8 Å². The minimum Gasteiger partial charge on any atom is -0.486 e. The van der Waals surface area contributed by atoms with Crippen LogP contribution in [0.25, 0.3) is 10.9 Å². The summed E-state index contributed by atoms with van der Waals surface area (Å²) in [6.07, 6.45) is 1.46. The summed E-state index contributed by atoms with van der Waals surface area (Å²) in [5, 5.41) is 0.399. The third-order valence-electron chi connectivity index (χ3n) is 5.36. The minimum absolute atomic E-state index is 0.120. The second-order valence-corrected chi connectivity index (χ2v) is 11.0. The number of fused-ring (bicyclic) bond motifs is 1. The first-order valence-corrected chi connectivity index (χ1v) is 10.9. The Morgan fingerprint density at radius 3 is 2.09 bits per heavy atom. The number of aromatic nitrogens is 1. The molecule has 0 saturated heterocycles. The molecule has 172 valence electrons. The molecule has 3 rings (SSSR count). The van der Waals surface area contributed by atoms with Gasteiger partial charge in [0.15, 0.2) is 11.6 Å². The Balaban J connectivity index is 1.90. The summed E-state index contributed by atoms with van der Waals surface area (Å²) in [6.45, 7) is 16.3. The maximum absolute atomic E-state index is 14.4. The number of benzene rings is 2. The second kappa shape index (κ2) is 8.34. The molecule has 0 amide bonds. The van der Waals surface area contributed by atoms with Crippen molar-refractivity contribution in [2.75, 3.05) is 6.61 Å². The molecule has 0 spiro atoms. The molecule has 32 heavy (non-hydrogen) atoms. The van der Waals surface area contributed by atoms with Gasteiger partial charge in [-0.1, -0.05) is 47.6 Å². The Kier molecular flexibility index (Phi) is 6.25. The predicted molar refractivity (Wildman–Crippen MR) is 126 cm³/mol. The number of halogens is 2. The van der Waals surface area contributed by atoms with E-state index >= 15 is 0 Å². The molecule has 0 aliphatic carbocycles. The molecule has 1 aromatic heterocycles. The largest absolute Gasteiger partial charge is 0.486 e. The lowest BCUT2D eigenvalue weighted by molar-refractivity contribution is 0.0489. The summed E-state index contributed by atoms with van der Waals surface area (Å²) in [5.41, 5.74) is 1.32. The van der Waals surface area contributed by atoms with Crippen molar-refractivity contribution in [2.24, 2.45) is 0 Å². The molecular formula is C27H33F2NO2. The van der Waals surface area contributed by atoms with E-state index in [4.69, 9.17) is 9.47 Å². The van der Waals surface area contributed by atoms with Gasteiger partial charge in [-0.05, 0) is 60.6 Å². The van der Waals surface area contributed by atoms with Crippen LogP contribution in [0.15, 0.2) is 42.6 Å². The SMILES string of the molecule is CC(C)(COc1cc(C(C)(C)C)ccc1F)Oc1cc2c(F)ccnc2cc1C(C)(C)C. The first kappa shape index (κ1) is 24.0. The zero-order valence-corrected chi connectivity index (χ0v) is 20.3. The minimum atomic E-state index is -0.795. The highest BCUT2D eigenvalue weighted by atomic mass is 19.1. The van der Waals surface area contributed by atoms with Crippen LogP contribution in [0.2, 0.25) is 0 Å². The fourth-order valence-electron chi connectivity index (χ4n) is 3.47. The van der Waals surface area contributed by atoms with E-state index in [0.29, 0.717) is 16.7 Å². The summed E-state index contributed by atoms with van der Waals surface area (Å²) in [5.74, 6) is -0.00761.